The average Bonchev–Trinajstić information content (AvgIpc) is 3.09. The second-order valence-corrected chi connectivity index (χ2v) is 6.09. The fourth-order valence-corrected chi connectivity index (χ4v) is 3.59. The predicted molar refractivity (Wildman–Crippen MR) is 86.3 cm³/mol. The number of hydrogen-bond acceptors (Lipinski definition) is 2. The number of fused-ring (bicyclic) bond motifs is 1. The second kappa shape index (κ2) is 6.44. The maximum absolute atomic E-state index is 4.27. The van der Waals surface area contributed by atoms with E-state index in [0.717, 1.165) is 18.9 Å². The molecule has 0 aliphatic heterocycles. The Bertz CT molecular complexity index is 563. The van der Waals surface area contributed by atoms with Crippen LogP contribution < -0.4 is 5.32 Å². The maximum atomic E-state index is 4.27. The van der Waals surface area contributed by atoms with Crippen molar-refractivity contribution in [2.24, 2.45) is 13.0 Å². The molecule has 0 radical (unpaired) electrons. The van der Waals surface area contributed by atoms with E-state index in [2.05, 4.69) is 47.7 Å². The number of aryl methyl sites for hydroxylation is 2. The van der Waals surface area contributed by atoms with E-state index in [1.807, 2.05) is 17.9 Å². The summed E-state index contributed by atoms with van der Waals surface area (Å²) in [7, 11) is 2.03. The van der Waals surface area contributed by atoms with E-state index in [-0.39, 0.29) is 0 Å². The molecule has 3 rings (SSSR count). The molecule has 0 amide bonds. The quantitative estimate of drug-likeness (QED) is 0.883. The summed E-state index contributed by atoms with van der Waals surface area (Å²) in [5.41, 5.74) is 4.42. The first-order chi connectivity index (χ1) is 10.3. The standard InChI is InChI=1S/C18H25N3/c1-3-19-18(9-8-17-10-11-20-21(17)2)16-12-14-6-4-5-7-15(14)13-16/h4-7,10-11,16,18-19H,3,8-9,12-13H2,1-2H3. The summed E-state index contributed by atoms with van der Waals surface area (Å²) in [6.07, 6.45) is 6.62. The van der Waals surface area contributed by atoms with E-state index in [4.69, 9.17) is 0 Å². The summed E-state index contributed by atoms with van der Waals surface area (Å²) in [4.78, 5) is 0. The number of nitrogens with zero attached hydrogens (tertiary/aromatic N) is 2. The van der Waals surface area contributed by atoms with E-state index in [9.17, 15) is 0 Å². The number of aromatic nitrogens is 2. The van der Waals surface area contributed by atoms with Crippen molar-refractivity contribution in [3.8, 4) is 0 Å². The van der Waals surface area contributed by atoms with Crippen LogP contribution in [0.15, 0.2) is 36.5 Å². The van der Waals surface area contributed by atoms with Gasteiger partial charge >= 0.3 is 0 Å². The lowest BCUT2D eigenvalue weighted by Crippen LogP contribution is -2.37. The van der Waals surface area contributed by atoms with Gasteiger partial charge in [-0.3, -0.25) is 4.68 Å². The minimum atomic E-state index is 0.595. The highest BCUT2D eigenvalue weighted by atomic mass is 15.2. The first-order valence-corrected chi connectivity index (χ1v) is 8.05. The zero-order chi connectivity index (χ0) is 14.7. The molecule has 1 aliphatic carbocycles. The van der Waals surface area contributed by atoms with Crippen molar-refractivity contribution in [2.45, 2.75) is 38.6 Å². The van der Waals surface area contributed by atoms with Gasteiger partial charge in [0.1, 0.15) is 0 Å². The molecule has 2 aromatic rings. The lowest BCUT2D eigenvalue weighted by Gasteiger charge is -2.24. The van der Waals surface area contributed by atoms with E-state index < -0.39 is 0 Å². The van der Waals surface area contributed by atoms with Crippen molar-refractivity contribution >= 4 is 0 Å². The number of nitrogens with one attached hydrogen (secondary N) is 1. The average molecular weight is 283 g/mol. The van der Waals surface area contributed by atoms with Gasteiger partial charge < -0.3 is 5.32 Å². The SMILES string of the molecule is CCNC(CCc1ccnn1C)C1Cc2ccccc2C1. The fourth-order valence-electron chi connectivity index (χ4n) is 3.59. The van der Waals surface area contributed by atoms with E-state index in [0.29, 0.717) is 6.04 Å². The van der Waals surface area contributed by atoms with Crippen LogP contribution in [0.25, 0.3) is 0 Å². The highest BCUT2D eigenvalue weighted by Crippen LogP contribution is 2.30. The first-order valence-electron chi connectivity index (χ1n) is 8.05. The van der Waals surface area contributed by atoms with Gasteiger partial charge in [-0.1, -0.05) is 31.2 Å². The molecule has 0 fully saturated rings. The van der Waals surface area contributed by atoms with Gasteiger partial charge in [0.2, 0.25) is 0 Å². The Balaban J connectivity index is 1.64. The summed E-state index contributed by atoms with van der Waals surface area (Å²) >= 11 is 0. The predicted octanol–water partition coefficient (Wildman–Crippen LogP) is 2.75. The highest BCUT2D eigenvalue weighted by Gasteiger charge is 2.27. The molecule has 3 nitrogen and oxygen atoms in total. The molecule has 0 saturated carbocycles. The fraction of sp³-hybridized carbons (Fsp3) is 0.500. The molecular formula is C18H25N3. The van der Waals surface area contributed by atoms with Crippen LogP contribution >= 0.6 is 0 Å². The van der Waals surface area contributed by atoms with Crippen LogP contribution in [0.4, 0.5) is 0 Å². The molecule has 0 spiro atoms. The van der Waals surface area contributed by atoms with E-state index in [1.54, 1.807) is 11.1 Å². The van der Waals surface area contributed by atoms with Gasteiger partial charge in [0.05, 0.1) is 0 Å². The third-order valence-corrected chi connectivity index (χ3v) is 4.75. The van der Waals surface area contributed by atoms with Gasteiger partial charge in [0, 0.05) is 25.0 Å². The lowest BCUT2D eigenvalue weighted by molar-refractivity contribution is 0.349. The molecule has 1 aromatic heterocycles. The molecular weight excluding hydrogens is 258 g/mol. The van der Waals surface area contributed by atoms with Crippen LogP contribution in [0.3, 0.4) is 0 Å². The number of benzene rings is 1. The third kappa shape index (κ3) is 3.18. The lowest BCUT2D eigenvalue weighted by atomic mass is 9.92. The summed E-state index contributed by atoms with van der Waals surface area (Å²) < 4.78 is 1.99. The van der Waals surface area contributed by atoms with Gasteiger partial charge in [0.25, 0.3) is 0 Å². The van der Waals surface area contributed by atoms with Gasteiger partial charge in [0.15, 0.2) is 0 Å². The molecule has 0 saturated heterocycles. The van der Waals surface area contributed by atoms with Gasteiger partial charge in [-0.2, -0.15) is 5.10 Å². The zero-order valence-corrected chi connectivity index (χ0v) is 13.0. The molecule has 1 aromatic carbocycles. The number of rotatable bonds is 6. The van der Waals surface area contributed by atoms with Crippen LogP contribution in [-0.4, -0.2) is 22.4 Å². The topological polar surface area (TPSA) is 29.9 Å². The van der Waals surface area contributed by atoms with Crippen LogP contribution in [0.5, 0.6) is 0 Å². The van der Waals surface area contributed by atoms with E-state index >= 15 is 0 Å². The first kappa shape index (κ1) is 14.3. The molecule has 1 heterocycles. The summed E-state index contributed by atoms with van der Waals surface area (Å²) in [6.45, 7) is 3.25. The van der Waals surface area contributed by atoms with Gasteiger partial charge in [-0.25, -0.2) is 0 Å². The third-order valence-electron chi connectivity index (χ3n) is 4.75. The monoisotopic (exact) mass is 283 g/mol. The van der Waals surface area contributed by atoms with Crippen molar-refractivity contribution < 1.29 is 0 Å². The minimum absolute atomic E-state index is 0.595. The molecule has 1 unspecified atom stereocenters. The molecule has 112 valence electrons. The van der Waals surface area contributed by atoms with Crippen LogP contribution in [0.2, 0.25) is 0 Å². The largest absolute Gasteiger partial charge is 0.314 e. The van der Waals surface area contributed by atoms with Crippen LogP contribution in [-0.2, 0) is 26.3 Å². The maximum Gasteiger partial charge on any atom is 0.0492 e. The van der Waals surface area contributed by atoms with Crippen molar-refractivity contribution in [2.75, 3.05) is 6.54 Å². The van der Waals surface area contributed by atoms with Gasteiger partial charge in [-0.15, -0.1) is 0 Å². The zero-order valence-electron chi connectivity index (χ0n) is 13.0. The minimum Gasteiger partial charge on any atom is -0.314 e. The molecule has 1 aliphatic rings. The Kier molecular flexibility index (Phi) is 4.39. The molecule has 0 bridgehead atoms. The Hall–Kier alpha value is -1.61. The van der Waals surface area contributed by atoms with Crippen LogP contribution in [0.1, 0.15) is 30.2 Å². The summed E-state index contributed by atoms with van der Waals surface area (Å²) in [5.74, 6) is 0.732. The highest BCUT2D eigenvalue weighted by molar-refractivity contribution is 5.32. The normalized spacial score (nSPS) is 16.1. The van der Waals surface area contributed by atoms with Crippen molar-refractivity contribution in [1.82, 2.24) is 15.1 Å². The Morgan fingerprint density at radius 2 is 1.95 bits per heavy atom. The van der Waals surface area contributed by atoms with Crippen LogP contribution in [0, 0.1) is 5.92 Å². The second-order valence-electron chi connectivity index (χ2n) is 6.09. The number of hydrogen-bond donors (Lipinski definition) is 1. The molecule has 1 atom stereocenters. The molecule has 1 N–H and O–H groups in total. The Morgan fingerprint density at radius 3 is 2.52 bits per heavy atom. The Morgan fingerprint density at radius 1 is 1.24 bits per heavy atom. The summed E-state index contributed by atoms with van der Waals surface area (Å²) in [5, 5.41) is 7.98. The summed E-state index contributed by atoms with van der Waals surface area (Å²) in [6, 6.07) is 11.6. The van der Waals surface area contributed by atoms with Crippen molar-refractivity contribution in [3.63, 3.8) is 0 Å². The van der Waals surface area contributed by atoms with Crippen molar-refractivity contribution in [3.05, 3.63) is 53.3 Å². The van der Waals surface area contributed by atoms with Crippen molar-refractivity contribution in [1.29, 1.82) is 0 Å². The van der Waals surface area contributed by atoms with E-state index in [1.165, 1.54) is 25.0 Å². The molecule has 3 heteroatoms. The smallest absolute Gasteiger partial charge is 0.0492 e. The Labute approximate surface area is 127 Å². The molecule has 21 heavy (non-hydrogen) atoms. The van der Waals surface area contributed by atoms with Gasteiger partial charge in [-0.05, 0) is 55.3 Å².